The van der Waals surface area contributed by atoms with Gasteiger partial charge < -0.3 is 19.6 Å². The van der Waals surface area contributed by atoms with Crippen molar-refractivity contribution in [3.8, 4) is 5.75 Å². The lowest BCUT2D eigenvalue weighted by Crippen LogP contribution is -2.68. The number of nitrogens with zero attached hydrogens (tertiary/aromatic N) is 1. The van der Waals surface area contributed by atoms with E-state index in [2.05, 4.69) is 0 Å². The minimum atomic E-state index is -0.645. The predicted molar refractivity (Wildman–Crippen MR) is 116 cm³/mol. The van der Waals surface area contributed by atoms with Crippen molar-refractivity contribution >= 4 is 40.5 Å². The molecule has 0 saturated carbocycles. The maximum absolute atomic E-state index is 13.0. The Balaban J connectivity index is 1.50. The highest BCUT2D eigenvalue weighted by Crippen LogP contribution is 2.40. The number of esters is 1. The summed E-state index contributed by atoms with van der Waals surface area (Å²) >= 11 is 2.49. The molecule has 0 aliphatic carbocycles. The Hall–Kier alpha value is -2.69. The van der Waals surface area contributed by atoms with Gasteiger partial charge >= 0.3 is 5.97 Å². The third-order valence-electron chi connectivity index (χ3n) is 4.91. The summed E-state index contributed by atoms with van der Waals surface area (Å²) in [5.74, 6) is 0.720. The third kappa shape index (κ3) is 4.36. The normalized spacial score (nSPS) is 20.2. The van der Waals surface area contributed by atoms with Crippen LogP contribution in [0.4, 0.5) is 0 Å². The Morgan fingerprint density at radius 2 is 2.06 bits per heavy atom. The molecule has 1 unspecified atom stereocenters. The number of benzene rings is 1. The Bertz CT molecular complexity index is 1020. The molecule has 1 aromatic carbocycles. The van der Waals surface area contributed by atoms with Crippen LogP contribution in [0.25, 0.3) is 0 Å². The van der Waals surface area contributed by atoms with Crippen LogP contribution in [0, 0.1) is 0 Å². The molecular formula is C21H20N2O6S2. The number of rotatable bonds is 7. The van der Waals surface area contributed by atoms with Crippen LogP contribution in [0.3, 0.4) is 0 Å². The van der Waals surface area contributed by atoms with Gasteiger partial charge in [0.05, 0.1) is 13.4 Å². The SMILES string of the molecule is COc1ccc(COC(=O)C2=C(CSC(=O)c3ccco3)CS[C@H]3C(N)C(=O)N23)cc1. The fourth-order valence-corrected chi connectivity index (χ4v) is 5.46. The average Bonchev–Trinajstić information content (AvgIpc) is 3.35. The molecule has 1 amide bonds. The van der Waals surface area contributed by atoms with Crippen LogP contribution >= 0.6 is 23.5 Å². The van der Waals surface area contributed by atoms with Crippen LogP contribution in [0.2, 0.25) is 0 Å². The first kappa shape index (κ1) is 21.5. The molecule has 2 aliphatic rings. The molecular weight excluding hydrogens is 440 g/mol. The second-order valence-electron chi connectivity index (χ2n) is 6.87. The first-order valence-electron chi connectivity index (χ1n) is 9.42. The first-order valence-corrected chi connectivity index (χ1v) is 11.5. The quantitative estimate of drug-likeness (QED) is 0.492. The number of fused-ring (bicyclic) bond motifs is 1. The molecule has 162 valence electrons. The van der Waals surface area contributed by atoms with Crippen molar-refractivity contribution in [2.24, 2.45) is 5.73 Å². The fourth-order valence-electron chi connectivity index (χ4n) is 3.24. The number of hydrogen-bond donors (Lipinski definition) is 1. The number of furan rings is 1. The summed E-state index contributed by atoms with van der Waals surface area (Å²) < 4.78 is 15.7. The lowest BCUT2D eigenvalue weighted by Gasteiger charge is -2.48. The minimum Gasteiger partial charge on any atom is -0.497 e. The van der Waals surface area contributed by atoms with Crippen LogP contribution in [0.5, 0.6) is 5.75 Å². The summed E-state index contributed by atoms with van der Waals surface area (Å²) in [5, 5.41) is -0.548. The van der Waals surface area contributed by atoms with Crippen molar-refractivity contribution < 1.29 is 28.3 Å². The van der Waals surface area contributed by atoms with Crippen molar-refractivity contribution in [1.82, 2.24) is 4.90 Å². The monoisotopic (exact) mass is 460 g/mol. The molecule has 3 heterocycles. The van der Waals surface area contributed by atoms with Gasteiger partial charge in [-0.15, -0.1) is 11.8 Å². The Morgan fingerprint density at radius 1 is 1.29 bits per heavy atom. The standard InChI is InChI=1S/C21H20N2O6S2/c1-27-14-6-4-12(5-7-14)9-29-20(25)17-13(10-30-19-16(22)18(24)23(17)19)11-31-21(26)15-3-2-8-28-15/h2-8,16,19H,9-11,22H2,1H3/t16?,19-/m0/s1. The van der Waals surface area contributed by atoms with E-state index in [1.165, 1.54) is 22.9 Å². The predicted octanol–water partition coefficient (Wildman–Crippen LogP) is 2.40. The first-order chi connectivity index (χ1) is 15.0. The van der Waals surface area contributed by atoms with Crippen LogP contribution < -0.4 is 10.5 Å². The molecule has 2 aliphatic heterocycles. The van der Waals surface area contributed by atoms with Crippen molar-refractivity contribution in [2.75, 3.05) is 18.6 Å². The molecule has 1 fully saturated rings. The minimum absolute atomic E-state index is 0.0456. The van der Waals surface area contributed by atoms with Crippen LogP contribution in [-0.2, 0) is 20.9 Å². The number of ether oxygens (including phenoxy) is 2. The summed E-state index contributed by atoms with van der Waals surface area (Å²) in [6.45, 7) is 0.0456. The second-order valence-corrected chi connectivity index (χ2v) is 8.92. The largest absolute Gasteiger partial charge is 0.497 e. The van der Waals surface area contributed by atoms with E-state index in [1.807, 2.05) is 0 Å². The molecule has 2 aromatic rings. The highest BCUT2D eigenvalue weighted by atomic mass is 32.2. The molecule has 2 atom stereocenters. The Labute approximate surface area is 187 Å². The molecule has 2 N–H and O–H groups in total. The van der Waals surface area contributed by atoms with Gasteiger partial charge in [-0.2, -0.15) is 0 Å². The van der Waals surface area contributed by atoms with Gasteiger partial charge in [-0.25, -0.2) is 4.79 Å². The number of thioether (sulfide) groups is 2. The number of carbonyl (C=O) groups excluding carboxylic acids is 3. The molecule has 10 heteroatoms. The Kier molecular flexibility index (Phi) is 6.40. The zero-order valence-corrected chi connectivity index (χ0v) is 18.2. The van der Waals surface area contributed by atoms with Gasteiger partial charge in [0.25, 0.3) is 5.12 Å². The fraction of sp³-hybridized carbons (Fsp3) is 0.286. The van der Waals surface area contributed by atoms with E-state index in [0.717, 1.165) is 17.3 Å². The topological polar surface area (TPSA) is 112 Å². The molecule has 1 aromatic heterocycles. The van der Waals surface area contributed by atoms with Gasteiger partial charge in [-0.05, 0) is 35.4 Å². The van der Waals surface area contributed by atoms with E-state index in [0.29, 0.717) is 17.1 Å². The van der Waals surface area contributed by atoms with Crippen molar-refractivity contribution in [3.63, 3.8) is 0 Å². The smallest absolute Gasteiger partial charge is 0.355 e. The molecule has 1 saturated heterocycles. The molecule has 0 bridgehead atoms. The number of methoxy groups -OCH3 is 1. The van der Waals surface area contributed by atoms with E-state index in [1.54, 1.807) is 43.5 Å². The lowest BCUT2D eigenvalue weighted by atomic mass is 10.0. The molecule has 8 nitrogen and oxygen atoms in total. The maximum Gasteiger partial charge on any atom is 0.355 e. The summed E-state index contributed by atoms with van der Waals surface area (Å²) in [6, 6.07) is 9.71. The summed E-state index contributed by atoms with van der Waals surface area (Å²) in [7, 11) is 1.57. The van der Waals surface area contributed by atoms with Gasteiger partial charge in [0.2, 0.25) is 5.91 Å². The van der Waals surface area contributed by atoms with Crippen LogP contribution in [0.1, 0.15) is 16.1 Å². The highest BCUT2D eigenvalue weighted by molar-refractivity contribution is 8.14. The van der Waals surface area contributed by atoms with Gasteiger partial charge in [0, 0.05) is 11.5 Å². The number of carbonyl (C=O) groups is 3. The highest BCUT2D eigenvalue weighted by Gasteiger charge is 2.52. The van der Waals surface area contributed by atoms with E-state index in [4.69, 9.17) is 19.6 Å². The lowest BCUT2D eigenvalue weighted by molar-refractivity contribution is -0.151. The summed E-state index contributed by atoms with van der Waals surface area (Å²) in [5.41, 5.74) is 7.52. The van der Waals surface area contributed by atoms with Gasteiger partial charge in [-0.1, -0.05) is 23.9 Å². The zero-order valence-electron chi connectivity index (χ0n) is 16.6. The van der Waals surface area contributed by atoms with Gasteiger partial charge in [0.1, 0.15) is 29.5 Å². The van der Waals surface area contributed by atoms with Crippen LogP contribution in [0.15, 0.2) is 58.3 Å². The molecule has 31 heavy (non-hydrogen) atoms. The number of nitrogens with two attached hydrogens (primary N) is 1. The third-order valence-corrected chi connectivity index (χ3v) is 7.23. The maximum atomic E-state index is 13.0. The van der Waals surface area contributed by atoms with Crippen molar-refractivity contribution in [1.29, 1.82) is 0 Å². The van der Waals surface area contributed by atoms with E-state index < -0.39 is 12.0 Å². The zero-order chi connectivity index (χ0) is 22.0. The van der Waals surface area contributed by atoms with E-state index in [9.17, 15) is 14.4 Å². The summed E-state index contributed by atoms with van der Waals surface area (Å²) in [6.07, 6.45) is 1.43. The number of amides is 1. The van der Waals surface area contributed by atoms with E-state index >= 15 is 0 Å². The van der Waals surface area contributed by atoms with Crippen molar-refractivity contribution in [2.45, 2.75) is 18.0 Å². The van der Waals surface area contributed by atoms with Crippen molar-refractivity contribution in [3.05, 3.63) is 65.3 Å². The molecule has 4 rings (SSSR count). The van der Waals surface area contributed by atoms with Gasteiger partial charge in [-0.3, -0.25) is 14.5 Å². The average molecular weight is 461 g/mol. The number of β-lactam (4-membered cyclic amide) rings is 1. The number of hydrogen-bond acceptors (Lipinski definition) is 9. The Morgan fingerprint density at radius 3 is 2.74 bits per heavy atom. The van der Waals surface area contributed by atoms with Crippen LogP contribution in [-0.4, -0.2) is 51.9 Å². The summed E-state index contributed by atoms with van der Waals surface area (Å²) in [4.78, 5) is 39.0. The second kappa shape index (κ2) is 9.21. The molecule has 0 spiro atoms. The molecule has 0 radical (unpaired) electrons. The van der Waals surface area contributed by atoms with E-state index in [-0.39, 0.29) is 40.2 Å². The van der Waals surface area contributed by atoms with Gasteiger partial charge in [0.15, 0.2) is 5.76 Å².